The lowest BCUT2D eigenvalue weighted by Crippen LogP contribution is -2.15. The summed E-state index contributed by atoms with van der Waals surface area (Å²) in [6.45, 7) is 2.55. The molecular formula is C25H21BrClNO3. The molecule has 6 heteroatoms. The number of para-hydroxylation sites is 2. The molecular weight excluding hydrogens is 478 g/mol. The Balaban J connectivity index is 1.63. The number of aliphatic imine (C=N–C) groups is 1. The average Bonchev–Trinajstić information content (AvgIpc) is 2.78. The molecule has 0 saturated heterocycles. The minimum atomic E-state index is -0.553. The third-order valence-electron chi connectivity index (χ3n) is 5.21. The fourth-order valence-electron chi connectivity index (χ4n) is 3.72. The van der Waals surface area contributed by atoms with Crippen LogP contribution in [0.25, 0.3) is 0 Å². The number of nitrogens with zero attached hydrogens (tertiary/aromatic N) is 1. The second-order valence-electron chi connectivity index (χ2n) is 7.25. The minimum absolute atomic E-state index is 0.150. The maximum atomic E-state index is 13.1. The third-order valence-corrected chi connectivity index (χ3v) is 5.85. The first-order valence-corrected chi connectivity index (χ1v) is 11.5. The number of halogens is 2. The first kappa shape index (κ1) is 21.6. The van der Waals surface area contributed by atoms with Crippen molar-refractivity contribution in [2.45, 2.75) is 19.3 Å². The summed E-state index contributed by atoms with van der Waals surface area (Å²) >= 11 is 9.74. The number of benzene rings is 3. The van der Waals surface area contributed by atoms with E-state index in [0.717, 1.165) is 12.0 Å². The second kappa shape index (κ2) is 9.67. The van der Waals surface area contributed by atoms with E-state index in [2.05, 4.69) is 40.0 Å². The molecule has 0 aromatic heterocycles. The Bertz CT molecular complexity index is 1150. The van der Waals surface area contributed by atoms with Crippen LogP contribution in [-0.4, -0.2) is 24.1 Å². The normalized spacial score (nSPS) is 14.7. The van der Waals surface area contributed by atoms with Crippen molar-refractivity contribution in [3.8, 4) is 11.5 Å². The molecule has 1 aliphatic heterocycles. The first-order valence-electron chi connectivity index (χ1n) is 9.99. The zero-order valence-electron chi connectivity index (χ0n) is 17.0. The summed E-state index contributed by atoms with van der Waals surface area (Å²) in [6, 6.07) is 19.0. The second-order valence-corrected chi connectivity index (χ2v) is 8.45. The summed E-state index contributed by atoms with van der Waals surface area (Å²) in [6.07, 6.45) is 2.64. The molecule has 1 unspecified atom stereocenters. The average molecular weight is 499 g/mol. The van der Waals surface area contributed by atoms with Crippen LogP contribution in [0.15, 0.2) is 65.7 Å². The van der Waals surface area contributed by atoms with E-state index in [4.69, 9.17) is 21.1 Å². The lowest BCUT2D eigenvalue weighted by Gasteiger charge is -2.22. The van der Waals surface area contributed by atoms with Crippen LogP contribution in [0.5, 0.6) is 11.5 Å². The van der Waals surface area contributed by atoms with Gasteiger partial charge in [-0.1, -0.05) is 70.0 Å². The number of rotatable bonds is 6. The summed E-state index contributed by atoms with van der Waals surface area (Å²) in [7, 11) is 0. The lowest BCUT2D eigenvalue weighted by molar-refractivity contribution is 0.0729. The van der Waals surface area contributed by atoms with Crippen LogP contribution in [0, 0.1) is 6.92 Å². The van der Waals surface area contributed by atoms with Crippen LogP contribution in [-0.2, 0) is 6.42 Å². The third kappa shape index (κ3) is 4.68. The van der Waals surface area contributed by atoms with Crippen molar-refractivity contribution in [2.75, 3.05) is 11.9 Å². The molecule has 1 atom stereocenters. The van der Waals surface area contributed by atoms with E-state index in [0.29, 0.717) is 34.1 Å². The maximum absolute atomic E-state index is 13.1. The fourth-order valence-corrected chi connectivity index (χ4v) is 4.11. The van der Waals surface area contributed by atoms with Gasteiger partial charge in [0.05, 0.1) is 17.3 Å². The molecule has 0 spiro atoms. The Morgan fingerprint density at radius 2 is 1.84 bits per heavy atom. The summed E-state index contributed by atoms with van der Waals surface area (Å²) in [5.74, 6) is 0.444. The molecule has 31 heavy (non-hydrogen) atoms. The van der Waals surface area contributed by atoms with Crippen molar-refractivity contribution in [2.24, 2.45) is 4.99 Å². The van der Waals surface area contributed by atoms with Gasteiger partial charge in [0.15, 0.2) is 11.5 Å². The molecule has 1 heterocycles. The maximum Gasteiger partial charge on any atom is 0.347 e. The molecule has 0 N–H and O–H groups in total. The van der Waals surface area contributed by atoms with Gasteiger partial charge in [0, 0.05) is 17.5 Å². The number of carbonyl (C=O) groups excluding carboxylic acids is 1. The number of fused-ring (bicyclic) bond motifs is 1. The summed E-state index contributed by atoms with van der Waals surface area (Å²) in [4.78, 5) is 17.7. The number of hydrogen-bond acceptors (Lipinski definition) is 4. The number of aryl methyl sites for hydroxylation is 1. The van der Waals surface area contributed by atoms with Gasteiger partial charge in [0.1, 0.15) is 5.56 Å². The zero-order chi connectivity index (χ0) is 21.8. The van der Waals surface area contributed by atoms with Crippen LogP contribution in [0.2, 0.25) is 5.02 Å². The summed E-state index contributed by atoms with van der Waals surface area (Å²) < 4.78 is 11.3. The van der Waals surface area contributed by atoms with Crippen LogP contribution < -0.4 is 9.47 Å². The predicted molar refractivity (Wildman–Crippen MR) is 128 cm³/mol. The largest absolute Gasteiger partial charge is 0.489 e. The highest BCUT2D eigenvalue weighted by Crippen LogP contribution is 2.39. The standard InChI is InChI=1S/C25H21BrClNO3/c1-16-6-2-3-7-19(16)18-14-17-10-11-20(27)23(24(17)28-15-18)25(29)31-22-9-5-4-8-21(22)30-13-12-26/h2-11,15,18H,12-14H2,1H3. The van der Waals surface area contributed by atoms with Crippen LogP contribution in [0.4, 0.5) is 5.69 Å². The molecule has 4 rings (SSSR count). The number of carbonyl (C=O) groups is 1. The Labute approximate surface area is 195 Å². The zero-order valence-corrected chi connectivity index (χ0v) is 19.3. The van der Waals surface area contributed by atoms with Crippen LogP contribution >= 0.6 is 27.5 Å². The Kier molecular flexibility index (Phi) is 6.73. The summed E-state index contributed by atoms with van der Waals surface area (Å²) in [5, 5.41) is 0.985. The molecule has 0 saturated carbocycles. The monoisotopic (exact) mass is 497 g/mol. The van der Waals surface area contributed by atoms with Gasteiger partial charge >= 0.3 is 5.97 Å². The van der Waals surface area contributed by atoms with Crippen molar-refractivity contribution >= 4 is 45.4 Å². The molecule has 3 aromatic rings. The van der Waals surface area contributed by atoms with Gasteiger partial charge < -0.3 is 9.47 Å². The van der Waals surface area contributed by atoms with Crippen molar-refractivity contribution < 1.29 is 14.3 Å². The number of hydrogen-bond donors (Lipinski definition) is 0. The van der Waals surface area contributed by atoms with Gasteiger partial charge in [-0.2, -0.15) is 0 Å². The Morgan fingerprint density at radius 1 is 1.10 bits per heavy atom. The minimum Gasteiger partial charge on any atom is -0.489 e. The predicted octanol–water partition coefficient (Wildman–Crippen LogP) is 6.68. The van der Waals surface area contributed by atoms with Gasteiger partial charge in [-0.15, -0.1) is 0 Å². The Morgan fingerprint density at radius 3 is 2.61 bits per heavy atom. The van der Waals surface area contributed by atoms with E-state index in [1.165, 1.54) is 11.1 Å². The van der Waals surface area contributed by atoms with E-state index < -0.39 is 5.97 Å². The van der Waals surface area contributed by atoms with E-state index >= 15 is 0 Å². The number of alkyl halides is 1. The number of esters is 1. The Hall–Kier alpha value is -2.63. The molecule has 4 nitrogen and oxygen atoms in total. The highest BCUT2D eigenvalue weighted by molar-refractivity contribution is 9.09. The van der Waals surface area contributed by atoms with Gasteiger partial charge in [-0.3, -0.25) is 4.99 Å². The molecule has 0 radical (unpaired) electrons. The van der Waals surface area contributed by atoms with Crippen molar-refractivity contribution in [1.82, 2.24) is 0 Å². The van der Waals surface area contributed by atoms with E-state index in [1.807, 2.05) is 30.5 Å². The lowest BCUT2D eigenvalue weighted by atomic mass is 9.87. The quantitative estimate of drug-likeness (QED) is 0.216. The van der Waals surface area contributed by atoms with Gasteiger partial charge in [-0.05, 0) is 48.2 Å². The molecule has 1 aliphatic rings. The highest BCUT2D eigenvalue weighted by Gasteiger charge is 2.26. The fraction of sp³-hybridized carbons (Fsp3) is 0.200. The van der Waals surface area contributed by atoms with E-state index in [-0.39, 0.29) is 11.5 Å². The SMILES string of the molecule is Cc1ccccc1C1C=Nc2c(ccc(Cl)c2C(=O)Oc2ccccc2OCCBr)C1. The van der Waals surface area contributed by atoms with Crippen molar-refractivity contribution in [3.05, 3.63) is 87.9 Å². The smallest absolute Gasteiger partial charge is 0.347 e. The van der Waals surface area contributed by atoms with E-state index in [9.17, 15) is 4.79 Å². The van der Waals surface area contributed by atoms with Gasteiger partial charge in [0.25, 0.3) is 0 Å². The first-order chi connectivity index (χ1) is 15.1. The van der Waals surface area contributed by atoms with Gasteiger partial charge in [0.2, 0.25) is 0 Å². The summed E-state index contributed by atoms with van der Waals surface area (Å²) in [5.41, 5.74) is 4.26. The van der Waals surface area contributed by atoms with E-state index in [1.54, 1.807) is 24.3 Å². The molecule has 0 aliphatic carbocycles. The van der Waals surface area contributed by atoms with Crippen molar-refractivity contribution in [3.63, 3.8) is 0 Å². The van der Waals surface area contributed by atoms with Gasteiger partial charge in [-0.25, -0.2) is 4.79 Å². The molecule has 0 bridgehead atoms. The highest BCUT2D eigenvalue weighted by atomic mass is 79.9. The topological polar surface area (TPSA) is 47.9 Å². The number of ether oxygens (including phenoxy) is 2. The molecule has 0 fully saturated rings. The van der Waals surface area contributed by atoms with Crippen LogP contribution in [0.1, 0.15) is 33.0 Å². The molecule has 0 amide bonds. The molecule has 3 aromatic carbocycles. The van der Waals surface area contributed by atoms with Crippen molar-refractivity contribution in [1.29, 1.82) is 0 Å². The molecule has 158 valence electrons. The van der Waals surface area contributed by atoms with Crippen LogP contribution in [0.3, 0.4) is 0 Å².